The minimum absolute atomic E-state index is 0.00291. The number of piperidine rings is 1. The summed E-state index contributed by atoms with van der Waals surface area (Å²) < 4.78 is 31.6. The van der Waals surface area contributed by atoms with Gasteiger partial charge in [-0.05, 0) is 118 Å². The van der Waals surface area contributed by atoms with E-state index in [1.807, 2.05) is 24.4 Å². The number of ketones is 1. The minimum atomic E-state index is -1.44. The number of nitrogens with zero attached hydrogens (tertiary/aromatic N) is 1. The minimum Gasteiger partial charge on any atom is -0.492 e. The highest BCUT2D eigenvalue weighted by atomic mass is 16.6. The van der Waals surface area contributed by atoms with Crippen molar-refractivity contribution in [3.05, 3.63) is 81.3 Å². The fourth-order valence-corrected chi connectivity index (χ4v) is 13.7. The molecule has 4 aliphatic heterocycles. The van der Waals surface area contributed by atoms with E-state index in [9.17, 15) is 39.9 Å². The molecule has 7 aliphatic rings. The summed E-state index contributed by atoms with van der Waals surface area (Å²) in [6.07, 6.45) is 11.0. The van der Waals surface area contributed by atoms with Gasteiger partial charge in [-0.25, -0.2) is 4.79 Å². The number of hydrogen-bond donors (Lipinski definition) is 6. The van der Waals surface area contributed by atoms with Crippen molar-refractivity contribution in [2.45, 2.75) is 95.4 Å². The summed E-state index contributed by atoms with van der Waals surface area (Å²) in [7, 11) is 1.71. The lowest BCUT2D eigenvalue weighted by Crippen LogP contribution is -2.71. The number of H-pyrrole nitrogens is 1. The molecule has 10 rings (SSSR count). The number of fused-ring (bicyclic) bond motifs is 8. The Kier molecular flexibility index (Phi) is 13.4. The molecule has 0 radical (unpaired) electrons. The van der Waals surface area contributed by atoms with Crippen molar-refractivity contribution in [2.24, 2.45) is 35.0 Å². The quantitative estimate of drug-likeness (QED) is 0.0584. The van der Waals surface area contributed by atoms with Gasteiger partial charge in [0.15, 0.2) is 6.29 Å². The average molecular weight is 951 g/mol. The highest BCUT2D eigenvalue weighted by Gasteiger charge is 2.68. The number of methoxy groups -OCH3 is 1. The number of Topliss-reactive ketones (excluding diaryl/α,β-unsaturated/α-hetero) is 1. The van der Waals surface area contributed by atoms with E-state index < -0.39 is 59.8 Å². The van der Waals surface area contributed by atoms with Crippen LogP contribution < -0.4 is 14.2 Å². The molecule has 1 spiro atoms. The van der Waals surface area contributed by atoms with Crippen molar-refractivity contribution in [3.63, 3.8) is 0 Å². The number of rotatable bonds is 13. The van der Waals surface area contributed by atoms with E-state index in [1.54, 1.807) is 14.0 Å². The molecule has 9 unspecified atom stereocenters. The van der Waals surface area contributed by atoms with Crippen molar-refractivity contribution >= 4 is 34.5 Å². The maximum absolute atomic E-state index is 14.6. The summed E-state index contributed by atoms with van der Waals surface area (Å²) in [6, 6.07) is 5.99. The SMILES string of the molecule is CCOC(=O)C1=C(C=O)C2=C3CC(CO)C(=O)C(C3)c3cc4cc[nH]c4cc3CCC(CO)COc3c4c(c(CO)c(c32)O1)OC(C1(O)C2C=CC3CN(CCCOC)CCC31CCC2CCO)C4. The van der Waals surface area contributed by atoms with Gasteiger partial charge in [0.1, 0.15) is 34.7 Å². The molecule has 9 atom stereocenters. The predicted molar refractivity (Wildman–Crippen MR) is 253 cm³/mol. The zero-order chi connectivity index (χ0) is 48.2. The number of aromatic nitrogens is 1. The number of esters is 1. The molecule has 3 aliphatic carbocycles. The first-order chi connectivity index (χ1) is 33.6. The van der Waals surface area contributed by atoms with Crippen molar-refractivity contribution < 1.29 is 63.6 Å². The van der Waals surface area contributed by atoms with Crippen molar-refractivity contribution in [1.29, 1.82) is 0 Å². The Hall–Kier alpha value is -4.87. The maximum Gasteiger partial charge on any atom is 0.375 e. The second-order valence-corrected chi connectivity index (χ2v) is 20.4. The van der Waals surface area contributed by atoms with Crippen molar-refractivity contribution in [3.8, 4) is 17.2 Å². The number of aromatic amines is 1. The Labute approximate surface area is 402 Å². The molecule has 6 N–H and O–H groups in total. The van der Waals surface area contributed by atoms with E-state index in [0.717, 1.165) is 60.9 Å². The van der Waals surface area contributed by atoms with Crippen LogP contribution in [0.1, 0.15) is 92.0 Å². The molecule has 2 aromatic carbocycles. The fraction of sp³-hybridized carbons (Fsp3) is 0.574. The summed E-state index contributed by atoms with van der Waals surface area (Å²) in [5.41, 5.74) is 2.39. The number of aliphatic hydroxyl groups excluding tert-OH is 4. The van der Waals surface area contributed by atoms with Crippen LogP contribution in [0.3, 0.4) is 0 Å². The van der Waals surface area contributed by atoms with Gasteiger partial charge in [0.2, 0.25) is 5.76 Å². The zero-order valence-electron chi connectivity index (χ0n) is 39.7. The van der Waals surface area contributed by atoms with Crippen LogP contribution >= 0.6 is 0 Å². The number of allylic oxidation sites excluding steroid dienone is 3. The van der Waals surface area contributed by atoms with Crippen LogP contribution in [-0.2, 0) is 43.3 Å². The average Bonchev–Trinajstić information content (AvgIpc) is 4.02. The van der Waals surface area contributed by atoms with Gasteiger partial charge in [-0.2, -0.15) is 0 Å². The van der Waals surface area contributed by atoms with E-state index >= 15 is 0 Å². The number of carbonyl (C=O) groups excluding carboxylic acids is 3. The molecule has 370 valence electrons. The normalized spacial score (nSPS) is 30.7. The largest absolute Gasteiger partial charge is 0.492 e. The van der Waals surface area contributed by atoms with Gasteiger partial charge in [-0.3, -0.25) is 9.59 Å². The highest BCUT2D eigenvalue weighted by molar-refractivity contribution is 6.11. The molecule has 3 fully saturated rings. The second kappa shape index (κ2) is 19.4. The van der Waals surface area contributed by atoms with Gasteiger partial charge >= 0.3 is 5.97 Å². The number of aliphatic hydroxyl groups is 5. The standard InChI is InChI=1S/C54H66N2O13/c1-3-66-52(63)51-40(27-60)45-34-19-35(26-59)47(62)38(21-34)37-20-33-10-14-55-43(33)22-32(37)6-5-30(25-58)29-67-49-39-23-44(68-48(39)41(28-61)50(69-51)46(45)49)54(64)42-8-7-36-24-56(15-4-18-65-2)16-13-53(36,54)12-9-31(42)11-17-57/h7-8,10,14,20,22,27,30-31,35-36,38,42,44,55,57-59,61,64H,3-6,9,11-13,15-19,21,23-26,28-29H2,1-2H3. The Morgan fingerprint density at radius 1 is 1.04 bits per heavy atom. The molecule has 3 aromatic rings. The predicted octanol–water partition coefficient (Wildman–Crippen LogP) is 4.87. The van der Waals surface area contributed by atoms with Crippen LogP contribution in [0.5, 0.6) is 17.2 Å². The van der Waals surface area contributed by atoms with Crippen LogP contribution in [0.25, 0.3) is 16.5 Å². The molecule has 4 bridgehead atoms. The number of hydrogen-bond acceptors (Lipinski definition) is 14. The van der Waals surface area contributed by atoms with Crippen LogP contribution in [0.15, 0.2) is 53.5 Å². The molecule has 15 nitrogen and oxygen atoms in total. The zero-order valence-corrected chi connectivity index (χ0v) is 39.7. The van der Waals surface area contributed by atoms with Gasteiger partial charge < -0.3 is 59.1 Å². The Balaban J connectivity index is 1.18. The van der Waals surface area contributed by atoms with Crippen LogP contribution in [0.2, 0.25) is 0 Å². The van der Waals surface area contributed by atoms with Crippen LogP contribution in [-0.4, -0.2) is 132 Å². The summed E-state index contributed by atoms with van der Waals surface area (Å²) in [5.74, 6) is -3.28. The number of carbonyl (C=O) groups is 3. The van der Waals surface area contributed by atoms with Crippen LogP contribution in [0.4, 0.5) is 0 Å². The lowest BCUT2D eigenvalue weighted by molar-refractivity contribution is -0.239. The summed E-state index contributed by atoms with van der Waals surface area (Å²) in [6.45, 7) is 3.37. The summed E-state index contributed by atoms with van der Waals surface area (Å²) >= 11 is 0. The topological polar surface area (TPSA) is 218 Å². The Morgan fingerprint density at radius 2 is 1.90 bits per heavy atom. The molecule has 1 aromatic heterocycles. The number of aldehydes is 1. The van der Waals surface area contributed by atoms with Gasteiger partial charge in [0.05, 0.1) is 43.1 Å². The number of nitrogens with one attached hydrogen (secondary N) is 1. The molecule has 0 amide bonds. The molecule has 2 saturated carbocycles. The highest BCUT2D eigenvalue weighted by Crippen LogP contribution is 2.65. The number of ether oxygens (including phenoxy) is 5. The smallest absolute Gasteiger partial charge is 0.375 e. The van der Waals surface area contributed by atoms with Crippen molar-refractivity contribution in [1.82, 2.24) is 9.88 Å². The van der Waals surface area contributed by atoms with E-state index in [0.29, 0.717) is 60.8 Å². The second-order valence-electron chi connectivity index (χ2n) is 20.4. The molecule has 5 heterocycles. The monoisotopic (exact) mass is 950 g/mol. The fourth-order valence-electron chi connectivity index (χ4n) is 13.7. The molecular weight excluding hydrogens is 885 g/mol. The third-order valence-corrected chi connectivity index (χ3v) is 17.1. The third kappa shape index (κ3) is 7.78. The number of likely N-dealkylation sites (tertiary alicyclic amines) is 1. The summed E-state index contributed by atoms with van der Waals surface area (Å²) in [4.78, 5) is 48.1. The Bertz CT molecular complexity index is 2600. The van der Waals surface area contributed by atoms with Gasteiger partial charge in [-0.15, -0.1) is 0 Å². The van der Waals surface area contributed by atoms with Gasteiger partial charge in [0.25, 0.3) is 0 Å². The first kappa shape index (κ1) is 47.8. The molecule has 15 heteroatoms. The van der Waals surface area contributed by atoms with E-state index in [1.165, 1.54) is 0 Å². The molecular formula is C54H66N2O13. The Morgan fingerprint density at radius 3 is 2.65 bits per heavy atom. The molecule has 1 saturated heterocycles. The van der Waals surface area contributed by atoms with E-state index in [4.69, 9.17) is 23.7 Å². The lowest BCUT2D eigenvalue weighted by Gasteiger charge is -2.65. The number of aryl methyl sites for hydroxylation is 1. The third-order valence-electron chi connectivity index (χ3n) is 17.1. The summed E-state index contributed by atoms with van der Waals surface area (Å²) in [5, 5.41) is 58.7. The first-order valence-electron chi connectivity index (χ1n) is 25.0. The van der Waals surface area contributed by atoms with Crippen molar-refractivity contribution in [2.75, 3.05) is 66.4 Å². The van der Waals surface area contributed by atoms with E-state index in [2.05, 4.69) is 22.0 Å². The maximum atomic E-state index is 14.6. The molecule has 69 heavy (non-hydrogen) atoms. The van der Waals surface area contributed by atoms with Gasteiger partial charge in [0, 0.05) is 98.4 Å². The number of benzene rings is 2. The van der Waals surface area contributed by atoms with Gasteiger partial charge in [-0.1, -0.05) is 17.7 Å². The van der Waals surface area contributed by atoms with E-state index in [-0.39, 0.29) is 97.6 Å². The lowest BCUT2D eigenvalue weighted by atomic mass is 9.44. The first-order valence-corrected chi connectivity index (χ1v) is 25.0. The van der Waals surface area contributed by atoms with Crippen LogP contribution in [0, 0.1) is 35.0 Å².